The average Bonchev–Trinajstić information content (AvgIpc) is 2.18. The Hall–Kier alpha value is -0.980. The van der Waals surface area contributed by atoms with Crippen LogP contribution in [0.15, 0.2) is 24.3 Å². The van der Waals surface area contributed by atoms with E-state index in [9.17, 15) is 0 Å². The van der Waals surface area contributed by atoms with Crippen LogP contribution in [0.5, 0.6) is 0 Å². The molecular weight excluding hydrogens is 158 g/mol. The van der Waals surface area contributed by atoms with Gasteiger partial charge < -0.3 is 4.90 Å². The zero-order valence-electron chi connectivity index (χ0n) is 8.88. The lowest BCUT2D eigenvalue weighted by atomic mass is 10.1. The zero-order chi connectivity index (χ0) is 9.68. The fraction of sp³-hybridized carbons (Fsp3) is 0.500. The van der Waals surface area contributed by atoms with Gasteiger partial charge in [0.1, 0.15) is 0 Å². The van der Waals surface area contributed by atoms with E-state index in [1.165, 1.54) is 24.1 Å². The van der Waals surface area contributed by atoms with Crippen LogP contribution >= 0.6 is 0 Å². The molecule has 1 aromatic carbocycles. The van der Waals surface area contributed by atoms with Gasteiger partial charge in [0, 0.05) is 19.3 Å². The molecule has 0 aliphatic rings. The Morgan fingerprint density at radius 2 is 1.69 bits per heavy atom. The van der Waals surface area contributed by atoms with E-state index >= 15 is 0 Å². The minimum absolute atomic E-state index is 1.06. The van der Waals surface area contributed by atoms with E-state index in [4.69, 9.17) is 0 Å². The lowest BCUT2D eigenvalue weighted by Gasteiger charge is -2.16. The first-order valence-electron chi connectivity index (χ1n) is 5.08. The number of rotatable bonds is 4. The topological polar surface area (TPSA) is 3.24 Å². The summed E-state index contributed by atoms with van der Waals surface area (Å²) < 4.78 is 0. The second-order valence-corrected chi connectivity index (χ2v) is 3.43. The Labute approximate surface area is 81.4 Å². The summed E-state index contributed by atoms with van der Waals surface area (Å²) in [6.07, 6.45) is 2.42. The molecule has 0 amide bonds. The summed E-state index contributed by atoms with van der Waals surface area (Å²) >= 11 is 0. The fourth-order valence-electron chi connectivity index (χ4n) is 1.39. The molecule has 1 heteroatoms. The molecule has 72 valence electrons. The standard InChI is InChI=1S/C12H19N/c1-4-6-11-7-9-12(10-8-11)13(3)5-2/h7-10H,4-6H2,1-3H3. The summed E-state index contributed by atoms with van der Waals surface area (Å²) in [4.78, 5) is 2.25. The van der Waals surface area contributed by atoms with E-state index in [2.05, 4.69) is 50.1 Å². The van der Waals surface area contributed by atoms with Gasteiger partial charge in [-0.2, -0.15) is 0 Å². The van der Waals surface area contributed by atoms with Crippen LogP contribution in [0.3, 0.4) is 0 Å². The van der Waals surface area contributed by atoms with Crippen molar-refractivity contribution in [3.05, 3.63) is 29.8 Å². The number of hydrogen-bond donors (Lipinski definition) is 0. The highest BCUT2D eigenvalue weighted by Gasteiger charge is 1.96. The van der Waals surface area contributed by atoms with Crippen molar-refractivity contribution in [2.45, 2.75) is 26.7 Å². The molecule has 0 saturated carbocycles. The molecular formula is C12H19N. The lowest BCUT2D eigenvalue weighted by Crippen LogP contribution is -2.15. The second-order valence-electron chi connectivity index (χ2n) is 3.43. The van der Waals surface area contributed by atoms with Crippen LogP contribution < -0.4 is 4.90 Å². The van der Waals surface area contributed by atoms with E-state index in [0.717, 1.165) is 6.54 Å². The first-order valence-corrected chi connectivity index (χ1v) is 5.08. The SMILES string of the molecule is CCCc1ccc(N(C)CC)cc1. The number of aryl methyl sites for hydroxylation is 1. The molecule has 0 bridgehead atoms. The van der Waals surface area contributed by atoms with E-state index in [0.29, 0.717) is 0 Å². The highest BCUT2D eigenvalue weighted by atomic mass is 15.1. The van der Waals surface area contributed by atoms with Crippen LogP contribution in [-0.2, 0) is 6.42 Å². The van der Waals surface area contributed by atoms with Crippen LogP contribution in [0.25, 0.3) is 0 Å². The molecule has 0 heterocycles. The largest absolute Gasteiger partial charge is 0.375 e. The van der Waals surface area contributed by atoms with Crippen molar-refractivity contribution in [3.63, 3.8) is 0 Å². The van der Waals surface area contributed by atoms with Gasteiger partial charge in [0.15, 0.2) is 0 Å². The van der Waals surface area contributed by atoms with Crippen molar-refractivity contribution >= 4 is 5.69 Å². The third-order valence-electron chi connectivity index (χ3n) is 2.39. The maximum atomic E-state index is 2.25. The van der Waals surface area contributed by atoms with Crippen molar-refractivity contribution in [3.8, 4) is 0 Å². The predicted octanol–water partition coefficient (Wildman–Crippen LogP) is 3.10. The van der Waals surface area contributed by atoms with Crippen molar-refractivity contribution in [2.75, 3.05) is 18.5 Å². The first kappa shape index (κ1) is 10.1. The molecule has 0 aliphatic carbocycles. The number of benzene rings is 1. The predicted molar refractivity (Wildman–Crippen MR) is 59.4 cm³/mol. The van der Waals surface area contributed by atoms with Crippen LogP contribution in [0.1, 0.15) is 25.8 Å². The molecule has 0 N–H and O–H groups in total. The summed E-state index contributed by atoms with van der Waals surface area (Å²) in [5, 5.41) is 0. The van der Waals surface area contributed by atoms with Crippen LogP contribution in [-0.4, -0.2) is 13.6 Å². The minimum atomic E-state index is 1.06. The highest BCUT2D eigenvalue weighted by Crippen LogP contribution is 2.14. The van der Waals surface area contributed by atoms with Crippen LogP contribution in [0.2, 0.25) is 0 Å². The molecule has 13 heavy (non-hydrogen) atoms. The molecule has 0 fully saturated rings. The molecule has 0 saturated heterocycles. The second kappa shape index (κ2) is 4.90. The molecule has 0 aliphatic heterocycles. The van der Waals surface area contributed by atoms with Crippen LogP contribution in [0, 0.1) is 0 Å². The molecule has 0 aromatic heterocycles. The third-order valence-corrected chi connectivity index (χ3v) is 2.39. The molecule has 1 rings (SSSR count). The number of nitrogens with zero attached hydrogens (tertiary/aromatic N) is 1. The summed E-state index contributed by atoms with van der Waals surface area (Å²) in [5.74, 6) is 0. The van der Waals surface area contributed by atoms with Gasteiger partial charge >= 0.3 is 0 Å². The molecule has 1 nitrogen and oxygen atoms in total. The summed E-state index contributed by atoms with van der Waals surface area (Å²) in [6.45, 7) is 5.44. The highest BCUT2D eigenvalue weighted by molar-refractivity contribution is 5.46. The van der Waals surface area contributed by atoms with Crippen LogP contribution in [0.4, 0.5) is 5.69 Å². The molecule has 0 atom stereocenters. The Bertz CT molecular complexity index is 238. The van der Waals surface area contributed by atoms with E-state index in [1.807, 2.05) is 0 Å². The monoisotopic (exact) mass is 177 g/mol. The van der Waals surface area contributed by atoms with Gasteiger partial charge in [-0.25, -0.2) is 0 Å². The normalized spacial score (nSPS) is 10.1. The zero-order valence-corrected chi connectivity index (χ0v) is 8.88. The Morgan fingerprint density at radius 1 is 1.08 bits per heavy atom. The number of hydrogen-bond acceptors (Lipinski definition) is 1. The smallest absolute Gasteiger partial charge is 0.0363 e. The minimum Gasteiger partial charge on any atom is -0.375 e. The summed E-state index contributed by atoms with van der Waals surface area (Å²) in [7, 11) is 2.12. The average molecular weight is 177 g/mol. The Balaban J connectivity index is 2.69. The summed E-state index contributed by atoms with van der Waals surface area (Å²) in [5.41, 5.74) is 2.75. The van der Waals surface area contributed by atoms with Gasteiger partial charge in [-0.05, 0) is 31.0 Å². The van der Waals surface area contributed by atoms with Gasteiger partial charge in [-0.15, -0.1) is 0 Å². The summed E-state index contributed by atoms with van der Waals surface area (Å²) in [6, 6.07) is 8.86. The van der Waals surface area contributed by atoms with E-state index in [1.54, 1.807) is 0 Å². The quantitative estimate of drug-likeness (QED) is 0.683. The molecule has 1 aromatic rings. The fourth-order valence-corrected chi connectivity index (χ4v) is 1.39. The molecule has 0 spiro atoms. The van der Waals surface area contributed by atoms with Gasteiger partial charge in [-0.1, -0.05) is 25.5 Å². The van der Waals surface area contributed by atoms with Gasteiger partial charge in [0.25, 0.3) is 0 Å². The van der Waals surface area contributed by atoms with E-state index < -0.39 is 0 Å². The van der Waals surface area contributed by atoms with Crippen molar-refractivity contribution in [1.29, 1.82) is 0 Å². The van der Waals surface area contributed by atoms with Crippen molar-refractivity contribution < 1.29 is 0 Å². The Kier molecular flexibility index (Phi) is 3.81. The van der Waals surface area contributed by atoms with Gasteiger partial charge in [-0.3, -0.25) is 0 Å². The van der Waals surface area contributed by atoms with Crippen molar-refractivity contribution in [2.24, 2.45) is 0 Å². The van der Waals surface area contributed by atoms with E-state index in [-0.39, 0.29) is 0 Å². The van der Waals surface area contributed by atoms with Gasteiger partial charge in [0.05, 0.1) is 0 Å². The first-order chi connectivity index (χ1) is 6.27. The third kappa shape index (κ3) is 2.76. The lowest BCUT2D eigenvalue weighted by molar-refractivity contribution is 0.918. The maximum Gasteiger partial charge on any atom is 0.0363 e. The molecule has 0 unspecified atom stereocenters. The maximum absolute atomic E-state index is 2.25. The Morgan fingerprint density at radius 3 is 2.15 bits per heavy atom. The van der Waals surface area contributed by atoms with Crippen molar-refractivity contribution in [1.82, 2.24) is 0 Å². The number of anilines is 1. The molecule has 0 radical (unpaired) electrons. The van der Waals surface area contributed by atoms with Gasteiger partial charge in [0.2, 0.25) is 0 Å².